The average molecular weight is 458 g/mol. The number of aromatic nitrogens is 3. The Labute approximate surface area is 187 Å². The molecule has 1 amide bonds. The number of nitrogens with one attached hydrogen (secondary N) is 1. The summed E-state index contributed by atoms with van der Waals surface area (Å²) in [6.45, 7) is 1.33. The predicted octanol–water partition coefficient (Wildman–Crippen LogP) is 4.84. The standard InChI is InChI=1S/C23H21F3N4O3/c1-13(32)17-10-19-15(11-30(29-19)16-7-5-14(12-31)6-8-16)9-20(17)28-22(33)18-3-2-4-21(27-18)23(24,25)26/h2-4,9-12,14,16H,5-8H2,1H3,(H,28,33). The van der Waals surface area contributed by atoms with Gasteiger partial charge in [-0.15, -0.1) is 0 Å². The van der Waals surface area contributed by atoms with Gasteiger partial charge in [0, 0.05) is 23.1 Å². The molecule has 2 heterocycles. The van der Waals surface area contributed by atoms with E-state index in [1.54, 1.807) is 12.1 Å². The molecule has 33 heavy (non-hydrogen) atoms. The molecule has 0 saturated heterocycles. The molecule has 1 saturated carbocycles. The summed E-state index contributed by atoms with van der Waals surface area (Å²) in [7, 11) is 0. The van der Waals surface area contributed by atoms with Crippen LogP contribution in [0.1, 0.15) is 65.2 Å². The van der Waals surface area contributed by atoms with Crippen LogP contribution in [0.25, 0.3) is 10.9 Å². The highest BCUT2D eigenvalue weighted by Crippen LogP contribution is 2.33. The molecule has 2 aromatic heterocycles. The molecular formula is C23H21F3N4O3. The lowest BCUT2D eigenvalue weighted by molar-refractivity contribution is -0.141. The van der Waals surface area contributed by atoms with Crippen LogP contribution in [0.15, 0.2) is 36.5 Å². The van der Waals surface area contributed by atoms with E-state index in [1.807, 2.05) is 10.9 Å². The Balaban J connectivity index is 1.63. The van der Waals surface area contributed by atoms with Crippen molar-refractivity contribution in [1.82, 2.24) is 14.8 Å². The lowest BCUT2D eigenvalue weighted by Gasteiger charge is -2.25. The van der Waals surface area contributed by atoms with Gasteiger partial charge in [-0.25, -0.2) is 4.98 Å². The fourth-order valence-electron chi connectivity index (χ4n) is 4.08. The maximum Gasteiger partial charge on any atom is 0.433 e. The number of ketones is 1. The van der Waals surface area contributed by atoms with E-state index in [2.05, 4.69) is 15.4 Å². The Morgan fingerprint density at radius 2 is 1.88 bits per heavy atom. The number of halogens is 3. The molecule has 1 aliphatic rings. The molecule has 0 aliphatic heterocycles. The van der Waals surface area contributed by atoms with Gasteiger partial charge >= 0.3 is 6.18 Å². The summed E-state index contributed by atoms with van der Waals surface area (Å²) in [5, 5.41) is 7.76. The first-order chi connectivity index (χ1) is 15.7. The van der Waals surface area contributed by atoms with E-state index in [-0.39, 0.29) is 29.0 Å². The number of aldehydes is 1. The highest BCUT2D eigenvalue weighted by Gasteiger charge is 2.33. The van der Waals surface area contributed by atoms with Crippen molar-refractivity contribution in [3.05, 3.63) is 53.5 Å². The molecule has 0 bridgehead atoms. The maximum absolute atomic E-state index is 12.9. The van der Waals surface area contributed by atoms with Gasteiger partial charge in [0.1, 0.15) is 17.7 Å². The minimum atomic E-state index is -4.68. The Morgan fingerprint density at radius 1 is 1.15 bits per heavy atom. The van der Waals surface area contributed by atoms with Gasteiger partial charge in [0.05, 0.1) is 17.2 Å². The first-order valence-electron chi connectivity index (χ1n) is 10.5. The first kappa shape index (κ1) is 22.6. The summed E-state index contributed by atoms with van der Waals surface area (Å²) in [6, 6.07) is 6.31. The molecule has 172 valence electrons. The number of carbonyl (C=O) groups is 3. The lowest BCUT2D eigenvalue weighted by atomic mass is 9.87. The molecule has 0 unspecified atom stereocenters. The topological polar surface area (TPSA) is 94.0 Å². The highest BCUT2D eigenvalue weighted by atomic mass is 19.4. The van der Waals surface area contributed by atoms with Crippen molar-refractivity contribution in [1.29, 1.82) is 0 Å². The molecule has 7 nitrogen and oxygen atoms in total. The van der Waals surface area contributed by atoms with Crippen molar-refractivity contribution in [2.75, 3.05) is 5.32 Å². The van der Waals surface area contributed by atoms with E-state index in [4.69, 9.17) is 0 Å². The van der Waals surface area contributed by atoms with E-state index < -0.39 is 23.5 Å². The van der Waals surface area contributed by atoms with Crippen LogP contribution in [0.5, 0.6) is 0 Å². The zero-order valence-electron chi connectivity index (χ0n) is 17.7. The second-order valence-corrected chi connectivity index (χ2v) is 8.19. The SMILES string of the molecule is CC(=O)c1cc2nn(C3CCC(C=O)CC3)cc2cc1NC(=O)c1cccc(C(F)(F)F)n1. The normalized spacial score (nSPS) is 18.8. The molecule has 0 atom stereocenters. The summed E-state index contributed by atoms with van der Waals surface area (Å²) >= 11 is 0. The van der Waals surface area contributed by atoms with Crippen molar-refractivity contribution in [3.8, 4) is 0 Å². The summed E-state index contributed by atoms with van der Waals surface area (Å²) in [5.41, 5.74) is -0.668. The second-order valence-electron chi connectivity index (χ2n) is 8.19. The van der Waals surface area contributed by atoms with Gasteiger partial charge in [-0.3, -0.25) is 14.3 Å². The Morgan fingerprint density at radius 3 is 2.52 bits per heavy atom. The smallest absolute Gasteiger partial charge is 0.320 e. The van der Waals surface area contributed by atoms with Crippen molar-refractivity contribution in [2.45, 2.75) is 44.8 Å². The van der Waals surface area contributed by atoms with Crippen molar-refractivity contribution in [2.24, 2.45) is 5.92 Å². The minimum absolute atomic E-state index is 0.0711. The lowest BCUT2D eigenvalue weighted by Crippen LogP contribution is -2.19. The number of anilines is 1. The van der Waals surface area contributed by atoms with Crippen LogP contribution in [-0.4, -0.2) is 32.7 Å². The van der Waals surface area contributed by atoms with Crippen molar-refractivity contribution < 1.29 is 27.6 Å². The molecule has 0 spiro atoms. The summed E-state index contributed by atoms with van der Waals surface area (Å²) in [6.07, 6.45) is 1.30. The third-order valence-electron chi connectivity index (χ3n) is 5.87. The Bertz CT molecular complexity index is 1230. The fraction of sp³-hybridized carbons (Fsp3) is 0.348. The number of carbonyl (C=O) groups excluding carboxylic acids is 3. The van der Waals surface area contributed by atoms with Gasteiger partial charge in [0.25, 0.3) is 5.91 Å². The van der Waals surface area contributed by atoms with Gasteiger partial charge in [0.2, 0.25) is 0 Å². The van der Waals surface area contributed by atoms with E-state index >= 15 is 0 Å². The number of fused-ring (bicyclic) bond motifs is 1. The second kappa shape index (κ2) is 8.76. The third-order valence-corrected chi connectivity index (χ3v) is 5.87. The Hall–Kier alpha value is -3.56. The minimum Gasteiger partial charge on any atom is -0.320 e. The number of hydrogen-bond acceptors (Lipinski definition) is 5. The van der Waals surface area contributed by atoms with E-state index in [0.29, 0.717) is 10.9 Å². The number of benzene rings is 1. The monoisotopic (exact) mass is 458 g/mol. The summed E-state index contributed by atoms with van der Waals surface area (Å²) in [4.78, 5) is 39.2. The van der Waals surface area contributed by atoms with E-state index in [1.165, 1.54) is 13.0 Å². The summed E-state index contributed by atoms with van der Waals surface area (Å²) < 4.78 is 40.6. The van der Waals surface area contributed by atoms with E-state index in [9.17, 15) is 27.6 Å². The molecule has 1 aromatic carbocycles. The summed E-state index contributed by atoms with van der Waals surface area (Å²) in [5.74, 6) is -1.12. The van der Waals surface area contributed by atoms with Gasteiger partial charge in [-0.2, -0.15) is 18.3 Å². The van der Waals surface area contributed by atoms with Gasteiger partial charge in [-0.05, 0) is 56.9 Å². The van der Waals surface area contributed by atoms with E-state index in [0.717, 1.165) is 44.1 Å². The first-order valence-corrected chi connectivity index (χ1v) is 10.5. The van der Waals surface area contributed by atoms with Crippen LogP contribution in [0.3, 0.4) is 0 Å². The highest BCUT2D eigenvalue weighted by molar-refractivity contribution is 6.10. The van der Waals surface area contributed by atoms with Crippen LogP contribution in [0.2, 0.25) is 0 Å². The van der Waals surface area contributed by atoms with Crippen molar-refractivity contribution in [3.63, 3.8) is 0 Å². The zero-order chi connectivity index (χ0) is 23.8. The predicted molar refractivity (Wildman–Crippen MR) is 114 cm³/mol. The quantitative estimate of drug-likeness (QED) is 0.436. The number of hydrogen-bond donors (Lipinski definition) is 1. The molecule has 0 radical (unpaired) electrons. The average Bonchev–Trinajstić information content (AvgIpc) is 3.21. The zero-order valence-corrected chi connectivity index (χ0v) is 17.7. The molecule has 1 fully saturated rings. The van der Waals surface area contributed by atoms with Crippen LogP contribution in [-0.2, 0) is 11.0 Å². The van der Waals surface area contributed by atoms with Gasteiger partial charge < -0.3 is 10.1 Å². The molecule has 4 rings (SSSR count). The van der Waals surface area contributed by atoms with Crippen LogP contribution in [0, 0.1) is 5.92 Å². The van der Waals surface area contributed by atoms with Crippen LogP contribution in [0.4, 0.5) is 18.9 Å². The number of amides is 1. The molecule has 1 aliphatic carbocycles. The largest absolute Gasteiger partial charge is 0.433 e. The number of rotatable bonds is 5. The van der Waals surface area contributed by atoms with Crippen LogP contribution >= 0.6 is 0 Å². The van der Waals surface area contributed by atoms with Gasteiger partial charge in [0.15, 0.2) is 5.78 Å². The Kier molecular flexibility index (Phi) is 6.01. The number of alkyl halides is 3. The molecular weight excluding hydrogens is 437 g/mol. The third kappa shape index (κ3) is 4.79. The van der Waals surface area contributed by atoms with Crippen molar-refractivity contribution >= 4 is 34.6 Å². The van der Waals surface area contributed by atoms with Gasteiger partial charge in [-0.1, -0.05) is 6.07 Å². The molecule has 3 aromatic rings. The number of pyridine rings is 1. The maximum atomic E-state index is 12.9. The van der Waals surface area contributed by atoms with Crippen LogP contribution < -0.4 is 5.32 Å². The fourth-order valence-corrected chi connectivity index (χ4v) is 4.08. The molecule has 1 N–H and O–H groups in total. The number of nitrogens with zero attached hydrogens (tertiary/aromatic N) is 3. The molecule has 10 heteroatoms. The number of Topliss-reactive ketones (excluding diaryl/α,β-unsaturated/α-hetero) is 1.